The van der Waals surface area contributed by atoms with Gasteiger partial charge in [0.2, 0.25) is 0 Å². The van der Waals surface area contributed by atoms with Crippen molar-refractivity contribution in [3.05, 3.63) is 0 Å². The van der Waals surface area contributed by atoms with E-state index in [9.17, 15) is 0 Å². The lowest BCUT2D eigenvalue weighted by molar-refractivity contribution is -0.753. The van der Waals surface area contributed by atoms with E-state index in [-0.39, 0.29) is 11.1 Å². The van der Waals surface area contributed by atoms with E-state index < -0.39 is 0 Å². The molecule has 122 valence electrons. The van der Waals surface area contributed by atoms with Crippen LogP contribution in [0.3, 0.4) is 0 Å². The second-order valence-electron chi connectivity index (χ2n) is 9.84. The molecule has 6 rings (SSSR count). The molecule has 4 heteroatoms. The molecule has 0 aromatic carbocycles. The standard InChI is InChI=1S/C18H32N4/c1-17(2,3)21-13-9-7-11(19-21)15-12-8-10-14(16(13)15)22(20-12)18(4,5)6/h11-16H,7-10H2,1-6H3/q+2/t11-,12+,13+,14-,15?,16?. The van der Waals surface area contributed by atoms with Crippen LogP contribution in [-0.4, -0.2) is 44.6 Å². The van der Waals surface area contributed by atoms with Crippen LogP contribution in [0.5, 0.6) is 0 Å². The monoisotopic (exact) mass is 304 g/mol. The Morgan fingerprint density at radius 3 is 1.41 bits per heavy atom. The van der Waals surface area contributed by atoms with E-state index in [1.807, 2.05) is 0 Å². The Kier molecular flexibility index (Phi) is 2.95. The summed E-state index contributed by atoms with van der Waals surface area (Å²) in [5.74, 6) is 1.49. The molecule has 0 amide bonds. The minimum Gasteiger partial charge on any atom is -0.120 e. The van der Waals surface area contributed by atoms with Gasteiger partial charge in [-0.25, -0.2) is 0 Å². The molecule has 0 saturated heterocycles. The Balaban J connectivity index is 1.77. The van der Waals surface area contributed by atoms with Gasteiger partial charge in [-0.05, 0) is 23.1 Å². The van der Waals surface area contributed by atoms with Gasteiger partial charge in [0.25, 0.3) is 0 Å². The van der Waals surface area contributed by atoms with Crippen molar-refractivity contribution in [2.75, 3.05) is 0 Å². The summed E-state index contributed by atoms with van der Waals surface area (Å²) in [7, 11) is 0. The molecule has 0 aromatic rings. The minimum atomic E-state index is 0.148. The predicted molar refractivity (Wildman–Crippen MR) is 85.5 cm³/mol. The fourth-order valence-electron chi connectivity index (χ4n) is 5.66. The van der Waals surface area contributed by atoms with Gasteiger partial charge in [0.15, 0.2) is 23.2 Å². The average molecular weight is 304 g/mol. The fourth-order valence-corrected chi connectivity index (χ4v) is 5.66. The third-order valence-electron chi connectivity index (χ3n) is 6.29. The van der Waals surface area contributed by atoms with Gasteiger partial charge in [0, 0.05) is 60.3 Å². The lowest BCUT2D eigenvalue weighted by Crippen LogP contribution is -2.67. The quantitative estimate of drug-likeness (QED) is 0.609. The van der Waals surface area contributed by atoms with Crippen molar-refractivity contribution < 1.29 is 9.39 Å². The van der Waals surface area contributed by atoms with Gasteiger partial charge >= 0.3 is 0 Å². The first kappa shape index (κ1) is 14.8. The summed E-state index contributed by atoms with van der Waals surface area (Å²) in [5, 5.41) is 10.3. The molecular formula is C18H32N4+2. The number of rotatable bonds is 0. The van der Waals surface area contributed by atoms with Crippen LogP contribution in [-0.2, 0) is 0 Å². The van der Waals surface area contributed by atoms with Crippen molar-refractivity contribution in [3.8, 4) is 0 Å². The maximum Gasteiger partial charge on any atom is 0.188 e. The first-order chi connectivity index (χ1) is 10.2. The molecule has 4 heterocycles. The number of fused-ring (bicyclic) bond motifs is 2. The van der Waals surface area contributed by atoms with Crippen molar-refractivity contribution in [3.63, 3.8) is 0 Å². The molecule has 4 nitrogen and oxygen atoms in total. The Hall–Kier alpha value is -0.800. The molecule has 2 saturated carbocycles. The summed E-state index contributed by atoms with van der Waals surface area (Å²) in [6.45, 7) is 13.9. The van der Waals surface area contributed by atoms with Crippen molar-refractivity contribution >= 4 is 0 Å². The lowest BCUT2D eigenvalue weighted by Gasteiger charge is -2.52. The summed E-state index contributed by atoms with van der Waals surface area (Å²) in [4.78, 5) is 0. The van der Waals surface area contributed by atoms with Gasteiger partial charge in [-0.3, -0.25) is 0 Å². The molecule has 0 radical (unpaired) electrons. The molecule has 0 N–H and O–H groups in total. The summed E-state index contributed by atoms with van der Waals surface area (Å²) < 4.78 is 4.95. The highest BCUT2D eigenvalue weighted by molar-refractivity contribution is 5.05. The zero-order valence-corrected chi connectivity index (χ0v) is 15.1. The first-order valence-corrected chi connectivity index (χ1v) is 9.18. The van der Waals surface area contributed by atoms with Gasteiger partial charge in [-0.1, -0.05) is 0 Å². The minimum absolute atomic E-state index is 0.148. The maximum atomic E-state index is 5.17. The molecule has 2 unspecified atom stereocenters. The number of hydrogen-bond donors (Lipinski definition) is 0. The van der Waals surface area contributed by atoms with Crippen molar-refractivity contribution in [2.24, 2.45) is 22.1 Å². The van der Waals surface area contributed by atoms with Crippen LogP contribution in [0, 0.1) is 11.8 Å². The highest BCUT2D eigenvalue weighted by Gasteiger charge is 2.66. The van der Waals surface area contributed by atoms with Crippen LogP contribution in [0.15, 0.2) is 10.2 Å². The molecule has 4 bridgehead atoms. The van der Waals surface area contributed by atoms with Crippen LogP contribution in [0.4, 0.5) is 0 Å². The highest BCUT2D eigenvalue weighted by Crippen LogP contribution is 2.52. The van der Waals surface area contributed by atoms with Crippen molar-refractivity contribution in [1.82, 2.24) is 0 Å². The topological polar surface area (TPSA) is 30.7 Å². The third-order valence-corrected chi connectivity index (χ3v) is 6.29. The van der Waals surface area contributed by atoms with Crippen molar-refractivity contribution in [1.29, 1.82) is 0 Å². The van der Waals surface area contributed by atoms with E-state index in [1.54, 1.807) is 0 Å². The smallest absolute Gasteiger partial charge is 0.120 e. The summed E-state index contributed by atoms with van der Waals surface area (Å²) in [6.07, 6.45) is 5.22. The van der Waals surface area contributed by atoms with E-state index in [0.29, 0.717) is 24.2 Å². The number of hydrogen-bond acceptors (Lipinski definition) is 2. The molecular weight excluding hydrogens is 272 g/mol. The van der Waals surface area contributed by atoms with Gasteiger partial charge < -0.3 is 0 Å². The zero-order valence-electron chi connectivity index (χ0n) is 15.1. The van der Waals surface area contributed by atoms with Crippen LogP contribution >= 0.6 is 0 Å². The van der Waals surface area contributed by atoms with Gasteiger partial charge in [0.1, 0.15) is 12.1 Å². The molecule has 0 aromatic heterocycles. The fraction of sp³-hybridized carbons (Fsp3) is 1.00. The van der Waals surface area contributed by atoms with Crippen LogP contribution in [0.1, 0.15) is 67.2 Å². The first-order valence-electron chi connectivity index (χ1n) is 9.18. The Morgan fingerprint density at radius 1 is 0.636 bits per heavy atom. The average Bonchev–Trinajstić information content (AvgIpc) is 2.46. The Morgan fingerprint density at radius 2 is 1.05 bits per heavy atom. The van der Waals surface area contributed by atoms with Crippen LogP contribution < -0.4 is 0 Å². The normalized spacial score (nSPS) is 43.7. The molecule has 6 atom stereocenters. The SMILES string of the molecule is CC(C)(C)[N+]1=N[C@H]2CC[C@@H]1C1C2[C@H]2CC[C@@H]1[N+](C(C)(C)C)=N2. The maximum absolute atomic E-state index is 5.17. The highest BCUT2D eigenvalue weighted by atomic mass is 15.4. The van der Waals surface area contributed by atoms with Crippen molar-refractivity contribution in [2.45, 2.75) is 102 Å². The molecule has 2 fully saturated rings. The van der Waals surface area contributed by atoms with Crippen LogP contribution in [0.2, 0.25) is 0 Å². The number of azo groups is 4. The van der Waals surface area contributed by atoms with E-state index in [2.05, 4.69) is 50.9 Å². The Bertz CT molecular complexity index is 500. The van der Waals surface area contributed by atoms with Gasteiger partial charge in [0.05, 0.1) is 5.92 Å². The predicted octanol–water partition coefficient (Wildman–Crippen LogP) is 3.83. The number of nitrogens with zero attached hydrogens (tertiary/aromatic N) is 4. The largest absolute Gasteiger partial charge is 0.188 e. The molecule has 0 spiro atoms. The summed E-state index contributed by atoms with van der Waals surface area (Å²) >= 11 is 0. The second-order valence-corrected chi connectivity index (χ2v) is 9.84. The van der Waals surface area contributed by atoms with E-state index in [1.165, 1.54) is 25.7 Å². The molecule has 2 aliphatic carbocycles. The second kappa shape index (κ2) is 4.39. The molecule has 4 aliphatic heterocycles. The van der Waals surface area contributed by atoms with Crippen LogP contribution in [0.25, 0.3) is 0 Å². The lowest BCUT2D eigenvalue weighted by atomic mass is 9.59. The molecule has 6 aliphatic rings. The van der Waals surface area contributed by atoms with E-state index >= 15 is 0 Å². The zero-order chi connectivity index (χ0) is 15.9. The van der Waals surface area contributed by atoms with Gasteiger partial charge in [-0.2, -0.15) is 0 Å². The summed E-state index contributed by atoms with van der Waals surface area (Å²) in [6, 6.07) is 2.30. The van der Waals surface area contributed by atoms with Gasteiger partial charge in [-0.15, -0.1) is 9.39 Å². The third kappa shape index (κ3) is 1.94. The van der Waals surface area contributed by atoms with E-state index in [0.717, 1.165) is 11.8 Å². The Labute approximate surface area is 134 Å². The summed E-state index contributed by atoms with van der Waals surface area (Å²) in [5.41, 5.74) is 0.295. The van der Waals surface area contributed by atoms with E-state index in [4.69, 9.17) is 10.2 Å². The molecule has 22 heavy (non-hydrogen) atoms.